The molecule has 1 saturated carbocycles. The Labute approximate surface area is 231 Å². The zero-order valence-electron chi connectivity index (χ0n) is 22.7. The van der Waals surface area contributed by atoms with E-state index in [4.69, 9.17) is 9.47 Å². The van der Waals surface area contributed by atoms with Gasteiger partial charge >= 0.3 is 12.1 Å². The van der Waals surface area contributed by atoms with Crippen LogP contribution in [0.5, 0.6) is 5.75 Å². The predicted molar refractivity (Wildman–Crippen MR) is 143 cm³/mol. The number of hydrogen-bond acceptors (Lipinski definition) is 6. The van der Waals surface area contributed by atoms with E-state index in [0.717, 1.165) is 41.8 Å². The molecule has 3 aromatic rings. The lowest BCUT2D eigenvalue weighted by atomic mass is 10.1. The summed E-state index contributed by atoms with van der Waals surface area (Å²) in [5, 5.41) is 2.92. The van der Waals surface area contributed by atoms with Crippen molar-refractivity contribution >= 4 is 11.9 Å². The van der Waals surface area contributed by atoms with Crippen molar-refractivity contribution in [2.75, 3.05) is 13.2 Å². The van der Waals surface area contributed by atoms with Crippen molar-refractivity contribution in [2.24, 2.45) is 0 Å². The molecule has 0 bridgehead atoms. The van der Waals surface area contributed by atoms with E-state index in [1.807, 2.05) is 12.1 Å². The van der Waals surface area contributed by atoms with Crippen molar-refractivity contribution in [1.82, 2.24) is 15.3 Å². The number of ether oxygens (including phenoxy) is 2. The van der Waals surface area contributed by atoms with Gasteiger partial charge in [-0.05, 0) is 69.9 Å². The van der Waals surface area contributed by atoms with E-state index in [9.17, 15) is 22.8 Å². The van der Waals surface area contributed by atoms with Gasteiger partial charge in [0.05, 0.1) is 24.3 Å². The van der Waals surface area contributed by atoms with Crippen LogP contribution in [0.1, 0.15) is 61.9 Å². The van der Waals surface area contributed by atoms with Crippen molar-refractivity contribution in [3.8, 4) is 17.1 Å². The average molecular weight is 556 g/mol. The number of rotatable bonds is 11. The molecule has 10 heteroatoms. The Morgan fingerprint density at radius 1 is 1.02 bits per heavy atom. The molecule has 4 rings (SSSR count). The number of nitrogens with zero attached hydrogens (tertiary/aromatic N) is 2. The van der Waals surface area contributed by atoms with Crippen LogP contribution in [-0.4, -0.2) is 40.6 Å². The second-order valence-corrected chi connectivity index (χ2v) is 10.2. The maximum atomic E-state index is 12.9. The highest BCUT2D eigenvalue weighted by Crippen LogP contribution is 2.41. The number of aromatic nitrogens is 2. The Morgan fingerprint density at radius 2 is 1.70 bits per heavy atom. The molecule has 1 aliphatic carbocycles. The molecule has 0 saturated heterocycles. The largest absolute Gasteiger partial charge is 0.476 e. The van der Waals surface area contributed by atoms with Gasteiger partial charge in [-0.1, -0.05) is 24.3 Å². The SMILES string of the molecule is CCOC(=O)C(C)(C)Oc1ccc(CCNC(=O)Cc2cnc(-c3ccc(C(F)(F)F)cc3)nc2C2CC2)cc1. The van der Waals surface area contributed by atoms with Crippen LogP contribution in [0.15, 0.2) is 54.7 Å². The molecule has 0 spiro atoms. The standard InChI is InChI=1S/C30H32F3N3O4/c1-4-39-28(38)29(2,3)40-24-13-5-19(6-14-24)15-16-34-25(37)17-22-18-35-27(36-26(22)20-7-8-20)21-9-11-23(12-10-21)30(31,32)33/h5-6,9-14,18,20H,4,7-8,15-17H2,1-3H3,(H,34,37). The lowest BCUT2D eigenvalue weighted by molar-refractivity contribution is -0.158. The van der Waals surface area contributed by atoms with E-state index >= 15 is 0 Å². The molecule has 0 radical (unpaired) electrons. The van der Waals surface area contributed by atoms with Crippen LogP contribution in [0.4, 0.5) is 13.2 Å². The number of hydrogen-bond donors (Lipinski definition) is 1. The molecular formula is C30H32F3N3O4. The smallest absolute Gasteiger partial charge is 0.416 e. The highest BCUT2D eigenvalue weighted by molar-refractivity contribution is 5.79. The number of esters is 1. The van der Waals surface area contributed by atoms with Crippen LogP contribution >= 0.6 is 0 Å². The molecular weight excluding hydrogens is 523 g/mol. The number of alkyl halides is 3. The summed E-state index contributed by atoms with van der Waals surface area (Å²) in [6.45, 7) is 5.74. The fourth-order valence-electron chi connectivity index (χ4n) is 4.16. The fraction of sp³-hybridized carbons (Fsp3) is 0.400. The van der Waals surface area contributed by atoms with E-state index in [0.29, 0.717) is 30.1 Å². The minimum Gasteiger partial charge on any atom is -0.476 e. The van der Waals surface area contributed by atoms with Gasteiger partial charge in [-0.2, -0.15) is 13.2 Å². The maximum absolute atomic E-state index is 12.9. The van der Waals surface area contributed by atoms with Gasteiger partial charge in [0, 0.05) is 29.8 Å². The zero-order chi connectivity index (χ0) is 28.9. The van der Waals surface area contributed by atoms with Crippen molar-refractivity contribution < 1.29 is 32.2 Å². The van der Waals surface area contributed by atoms with Crippen molar-refractivity contribution in [3.05, 3.63) is 77.1 Å². The summed E-state index contributed by atoms with van der Waals surface area (Å²) >= 11 is 0. The third-order valence-corrected chi connectivity index (χ3v) is 6.48. The summed E-state index contributed by atoms with van der Waals surface area (Å²) in [6, 6.07) is 12.1. The fourth-order valence-corrected chi connectivity index (χ4v) is 4.16. The highest BCUT2D eigenvalue weighted by atomic mass is 19.4. The lowest BCUT2D eigenvalue weighted by Gasteiger charge is -2.24. The van der Waals surface area contributed by atoms with Crippen LogP contribution in [-0.2, 0) is 33.3 Å². The Bertz CT molecular complexity index is 1340. The quantitative estimate of drug-likeness (QED) is 0.307. The molecule has 40 heavy (non-hydrogen) atoms. The van der Waals surface area contributed by atoms with Gasteiger partial charge in [0.15, 0.2) is 11.4 Å². The van der Waals surface area contributed by atoms with Gasteiger partial charge in [0.1, 0.15) is 5.75 Å². The van der Waals surface area contributed by atoms with E-state index in [-0.39, 0.29) is 24.9 Å². The second-order valence-electron chi connectivity index (χ2n) is 10.2. The van der Waals surface area contributed by atoms with Crippen LogP contribution in [0.3, 0.4) is 0 Å². The summed E-state index contributed by atoms with van der Waals surface area (Å²) in [6.07, 6.45) is -0.176. The van der Waals surface area contributed by atoms with E-state index in [1.54, 1.807) is 39.1 Å². The minimum absolute atomic E-state index is 0.120. The molecule has 0 aliphatic heterocycles. The van der Waals surface area contributed by atoms with Crippen molar-refractivity contribution in [2.45, 2.75) is 64.1 Å². The first kappa shape index (κ1) is 29.0. The molecule has 2 aromatic carbocycles. The first-order valence-electron chi connectivity index (χ1n) is 13.2. The number of halogens is 3. The molecule has 1 aromatic heterocycles. The molecule has 1 heterocycles. The van der Waals surface area contributed by atoms with Crippen molar-refractivity contribution in [1.29, 1.82) is 0 Å². The number of carbonyl (C=O) groups is 2. The van der Waals surface area contributed by atoms with Gasteiger partial charge in [0.2, 0.25) is 5.91 Å². The predicted octanol–water partition coefficient (Wildman–Crippen LogP) is 5.66. The summed E-state index contributed by atoms with van der Waals surface area (Å²) in [4.78, 5) is 33.7. The molecule has 1 aliphatic rings. The van der Waals surface area contributed by atoms with Gasteiger partial charge in [-0.3, -0.25) is 4.79 Å². The van der Waals surface area contributed by atoms with E-state index in [2.05, 4.69) is 15.3 Å². The molecule has 0 unspecified atom stereocenters. The summed E-state index contributed by atoms with van der Waals surface area (Å²) in [7, 11) is 0. The van der Waals surface area contributed by atoms with Crippen molar-refractivity contribution in [3.63, 3.8) is 0 Å². The van der Waals surface area contributed by atoms with E-state index in [1.165, 1.54) is 12.1 Å². The molecule has 1 N–H and O–H groups in total. The number of amides is 1. The van der Waals surface area contributed by atoms with Crippen LogP contribution in [0.2, 0.25) is 0 Å². The van der Waals surface area contributed by atoms with Gasteiger partial charge in [0.25, 0.3) is 0 Å². The Balaban J connectivity index is 1.31. The average Bonchev–Trinajstić information content (AvgIpc) is 3.75. The number of carbonyl (C=O) groups excluding carboxylic acids is 2. The normalized spacial score (nSPS) is 13.6. The van der Waals surface area contributed by atoms with E-state index < -0.39 is 23.3 Å². The molecule has 7 nitrogen and oxygen atoms in total. The third-order valence-electron chi connectivity index (χ3n) is 6.48. The first-order valence-corrected chi connectivity index (χ1v) is 13.2. The molecule has 1 amide bonds. The van der Waals surface area contributed by atoms with Crippen LogP contribution < -0.4 is 10.1 Å². The molecule has 1 fully saturated rings. The maximum Gasteiger partial charge on any atom is 0.416 e. The van der Waals surface area contributed by atoms with Gasteiger partial charge < -0.3 is 14.8 Å². The zero-order valence-corrected chi connectivity index (χ0v) is 22.7. The molecule has 0 atom stereocenters. The first-order chi connectivity index (χ1) is 19.0. The molecule has 212 valence electrons. The summed E-state index contributed by atoms with van der Waals surface area (Å²) in [5.74, 6) is 0.514. The second kappa shape index (κ2) is 12.1. The summed E-state index contributed by atoms with van der Waals surface area (Å²) in [5.41, 5.74) is 1.15. The van der Waals surface area contributed by atoms with Crippen LogP contribution in [0, 0.1) is 0 Å². The number of nitrogens with one attached hydrogen (secondary N) is 1. The third kappa shape index (κ3) is 7.58. The highest BCUT2D eigenvalue weighted by Gasteiger charge is 2.32. The lowest BCUT2D eigenvalue weighted by Crippen LogP contribution is -2.39. The summed E-state index contributed by atoms with van der Waals surface area (Å²) < 4.78 is 49.5. The van der Waals surface area contributed by atoms with Gasteiger partial charge in [-0.15, -0.1) is 0 Å². The Kier molecular flexibility index (Phi) is 8.76. The Morgan fingerprint density at radius 3 is 2.30 bits per heavy atom. The van der Waals surface area contributed by atoms with Gasteiger partial charge in [-0.25, -0.2) is 14.8 Å². The minimum atomic E-state index is -4.41. The topological polar surface area (TPSA) is 90.4 Å². The monoisotopic (exact) mass is 555 g/mol. The number of benzene rings is 2. The Hall–Kier alpha value is -3.95. The van der Waals surface area contributed by atoms with Crippen LogP contribution in [0.25, 0.3) is 11.4 Å².